The molecule has 0 unspecified atom stereocenters. The maximum atomic E-state index is 12.7. The lowest BCUT2D eigenvalue weighted by molar-refractivity contribution is 0.229. The Labute approximate surface area is 131 Å². The summed E-state index contributed by atoms with van der Waals surface area (Å²) in [6, 6.07) is 4.39. The second kappa shape index (κ2) is 6.51. The van der Waals surface area contributed by atoms with Gasteiger partial charge in [-0.3, -0.25) is 4.57 Å². The van der Waals surface area contributed by atoms with Crippen LogP contribution < -0.4 is 10.9 Å². The van der Waals surface area contributed by atoms with E-state index in [0.717, 1.165) is 0 Å². The first-order valence-electron chi connectivity index (χ1n) is 6.24. The van der Waals surface area contributed by atoms with Crippen LogP contribution in [-0.4, -0.2) is 13.2 Å². The zero-order chi connectivity index (χ0) is 15.6. The molecule has 0 aliphatic rings. The third-order valence-electron chi connectivity index (χ3n) is 2.63. The summed E-state index contributed by atoms with van der Waals surface area (Å²) in [5, 5.41) is 0.845. The minimum Gasteiger partial charge on any atom is -0.420 e. The molecule has 0 aliphatic carbocycles. The van der Waals surface area contributed by atoms with Crippen LogP contribution in [-0.2, 0) is 13.6 Å². The molecule has 0 N–H and O–H groups in total. The Kier molecular flexibility index (Phi) is 5.12. The summed E-state index contributed by atoms with van der Waals surface area (Å²) >= 11 is 11.9. The molecular formula is C13H13Cl2O5P. The molecule has 0 amide bonds. The molecule has 0 atom stereocenters. The summed E-state index contributed by atoms with van der Waals surface area (Å²) in [7, 11) is -3.74. The first-order chi connectivity index (χ1) is 9.91. The smallest absolute Gasteiger partial charge is 0.368 e. The van der Waals surface area contributed by atoms with E-state index in [-0.39, 0.29) is 29.1 Å². The summed E-state index contributed by atoms with van der Waals surface area (Å²) < 4.78 is 28.1. The van der Waals surface area contributed by atoms with Crippen LogP contribution in [0.25, 0.3) is 11.0 Å². The molecule has 0 bridgehead atoms. The van der Waals surface area contributed by atoms with Crippen LogP contribution in [0, 0.1) is 0 Å². The number of halogens is 2. The van der Waals surface area contributed by atoms with Gasteiger partial charge in [0.05, 0.1) is 18.2 Å². The Morgan fingerprint density at radius 1 is 1.14 bits per heavy atom. The SMILES string of the molecule is CCOP(=O)(OCC)c1cc2cc(Cl)cc(Cl)c2oc1=O. The van der Waals surface area contributed by atoms with E-state index in [2.05, 4.69) is 0 Å². The molecule has 0 saturated carbocycles. The van der Waals surface area contributed by atoms with Gasteiger partial charge in [-0.2, -0.15) is 0 Å². The van der Waals surface area contributed by atoms with Crippen LogP contribution in [0.1, 0.15) is 13.8 Å². The minimum absolute atomic E-state index is 0.130. The molecule has 5 nitrogen and oxygen atoms in total. The molecule has 1 aromatic carbocycles. The molecule has 114 valence electrons. The Hall–Kier alpha value is -0.840. The van der Waals surface area contributed by atoms with Crippen LogP contribution in [0.4, 0.5) is 0 Å². The minimum atomic E-state index is -3.74. The number of hydrogen-bond donors (Lipinski definition) is 0. The van der Waals surface area contributed by atoms with Crippen LogP contribution >= 0.6 is 30.8 Å². The van der Waals surface area contributed by atoms with Crippen molar-refractivity contribution in [3.8, 4) is 0 Å². The predicted molar refractivity (Wildman–Crippen MR) is 83.0 cm³/mol. The molecule has 0 aliphatic heterocycles. The molecule has 0 radical (unpaired) electrons. The fraction of sp³-hybridized carbons (Fsp3) is 0.308. The van der Waals surface area contributed by atoms with Crippen molar-refractivity contribution >= 4 is 47.1 Å². The number of rotatable bonds is 5. The van der Waals surface area contributed by atoms with Crippen molar-refractivity contribution in [2.45, 2.75) is 13.8 Å². The van der Waals surface area contributed by atoms with E-state index in [9.17, 15) is 9.36 Å². The van der Waals surface area contributed by atoms with E-state index >= 15 is 0 Å². The Balaban J connectivity index is 2.72. The molecule has 21 heavy (non-hydrogen) atoms. The molecule has 1 aromatic heterocycles. The standard InChI is InChI=1S/C13H13Cl2O5P/c1-3-18-21(17,19-4-2)11-6-8-5-9(14)7-10(15)12(8)20-13(11)16/h5-7H,3-4H2,1-2H3. The van der Waals surface area contributed by atoms with Crippen molar-refractivity contribution in [1.29, 1.82) is 0 Å². The van der Waals surface area contributed by atoms with Crippen LogP contribution in [0.2, 0.25) is 10.0 Å². The molecule has 0 fully saturated rings. The largest absolute Gasteiger partial charge is 0.420 e. The van der Waals surface area contributed by atoms with Gasteiger partial charge in [0.25, 0.3) is 0 Å². The van der Waals surface area contributed by atoms with Crippen molar-refractivity contribution in [2.24, 2.45) is 0 Å². The van der Waals surface area contributed by atoms with Gasteiger partial charge in [-0.1, -0.05) is 23.2 Å². The first kappa shape index (κ1) is 16.5. The fourth-order valence-corrected chi connectivity index (χ4v) is 4.00. The van der Waals surface area contributed by atoms with Crippen LogP contribution in [0.3, 0.4) is 0 Å². The number of hydrogen-bond acceptors (Lipinski definition) is 5. The lowest BCUT2D eigenvalue weighted by atomic mass is 10.2. The Morgan fingerprint density at radius 3 is 2.33 bits per heavy atom. The average Bonchev–Trinajstić information content (AvgIpc) is 2.39. The Bertz CT molecular complexity index is 761. The highest BCUT2D eigenvalue weighted by Crippen LogP contribution is 2.46. The van der Waals surface area contributed by atoms with E-state index in [1.807, 2.05) is 0 Å². The Morgan fingerprint density at radius 2 is 1.76 bits per heavy atom. The van der Waals surface area contributed by atoms with Gasteiger partial charge in [-0.05, 0) is 32.0 Å². The second-order valence-corrected chi connectivity index (χ2v) is 6.89. The van der Waals surface area contributed by atoms with E-state index in [0.29, 0.717) is 10.4 Å². The lowest BCUT2D eigenvalue weighted by Crippen LogP contribution is -2.26. The lowest BCUT2D eigenvalue weighted by Gasteiger charge is -2.16. The maximum absolute atomic E-state index is 12.7. The van der Waals surface area contributed by atoms with E-state index in [4.69, 9.17) is 36.7 Å². The normalized spacial score (nSPS) is 12.0. The van der Waals surface area contributed by atoms with Gasteiger partial charge in [-0.15, -0.1) is 0 Å². The molecule has 1 heterocycles. The first-order valence-corrected chi connectivity index (χ1v) is 8.53. The molecular weight excluding hydrogens is 338 g/mol. The topological polar surface area (TPSA) is 65.7 Å². The fourth-order valence-electron chi connectivity index (χ4n) is 1.85. The maximum Gasteiger partial charge on any atom is 0.368 e. The monoisotopic (exact) mass is 350 g/mol. The van der Waals surface area contributed by atoms with E-state index < -0.39 is 13.2 Å². The summed E-state index contributed by atoms with van der Waals surface area (Å²) in [6.45, 7) is 3.57. The highest BCUT2D eigenvalue weighted by molar-refractivity contribution is 7.62. The van der Waals surface area contributed by atoms with Gasteiger partial charge in [0.15, 0.2) is 10.9 Å². The zero-order valence-corrected chi connectivity index (χ0v) is 13.8. The number of fused-ring (bicyclic) bond motifs is 1. The summed E-state index contributed by atoms with van der Waals surface area (Å²) in [5.74, 6) is 0. The van der Waals surface area contributed by atoms with Crippen molar-refractivity contribution in [3.63, 3.8) is 0 Å². The highest BCUT2D eigenvalue weighted by atomic mass is 35.5. The molecule has 0 saturated heterocycles. The summed E-state index contributed by atoms with van der Waals surface area (Å²) in [4.78, 5) is 12.1. The van der Waals surface area contributed by atoms with Gasteiger partial charge in [0.2, 0.25) is 0 Å². The van der Waals surface area contributed by atoms with Crippen LogP contribution in [0.15, 0.2) is 27.4 Å². The highest BCUT2D eigenvalue weighted by Gasteiger charge is 2.31. The average molecular weight is 351 g/mol. The van der Waals surface area contributed by atoms with Gasteiger partial charge in [0, 0.05) is 10.4 Å². The summed E-state index contributed by atoms with van der Waals surface area (Å²) in [6.07, 6.45) is 0. The van der Waals surface area contributed by atoms with E-state index in [1.54, 1.807) is 19.9 Å². The van der Waals surface area contributed by atoms with Crippen LogP contribution in [0.5, 0.6) is 0 Å². The van der Waals surface area contributed by atoms with E-state index in [1.165, 1.54) is 12.1 Å². The zero-order valence-electron chi connectivity index (χ0n) is 11.4. The molecule has 2 aromatic rings. The number of benzene rings is 1. The van der Waals surface area contributed by atoms with Crippen molar-refractivity contribution in [2.75, 3.05) is 13.2 Å². The molecule has 0 spiro atoms. The summed E-state index contributed by atoms with van der Waals surface area (Å²) in [5.41, 5.74) is -0.633. The molecule has 2 rings (SSSR count). The van der Waals surface area contributed by atoms with Crippen molar-refractivity contribution in [1.82, 2.24) is 0 Å². The molecule has 8 heteroatoms. The van der Waals surface area contributed by atoms with Gasteiger partial charge >= 0.3 is 13.2 Å². The van der Waals surface area contributed by atoms with Gasteiger partial charge < -0.3 is 13.5 Å². The van der Waals surface area contributed by atoms with Crippen molar-refractivity contribution < 1.29 is 18.0 Å². The third kappa shape index (κ3) is 3.33. The third-order valence-corrected chi connectivity index (χ3v) is 5.22. The van der Waals surface area contributed by atoms with Gasteiger partial charge in [-0.25, -0.2) is 4.79 Å². The van der Waals surface area contributed by atoms with Crippen molar-refractivity contribution in [3.05, 3.63) is 38.7 Å². The van der Waals surface area contributed by atoms with Gasteiger partial charge in [0.1, 0.15) is 0 Å². The second-order valence-electron chi connectivity index (χ2n) is 4.06. The predicted octanol–water partition coefficient (Wildman–Crippen LogP) is 3.99. The quantitative estimate of drug-likeness (QED) is 0.602.